The highest BCUT2D eigenvalue weighted by atomic mass is 79.9. The van der Waals surface area contributed by atoms with Crippen molar-refractivity contribution in [3.8, 4) is 11.3 Å². The molecule has 3 aromatic rings. The summed E-state index contributed by atoms with van der Waals surface area (Å²) < 4.78 is 30.0. The van der Waals surface area contributed by atoms with Gasteiger partial charge in [-0.15, -0.1) is 0 Å². The maximum Gasteiger partial charge on any atom is 0.259 e. The number of para-hydroxylation sites is 1. The average molecular weight is 545 g/mol. The van der Waals surface area contributed by atoms with Crippen molar-refractivity contribution in [1.29, 1.82) is 0 Å². The van der Waals surface area contributed by atoms with Gasteiger partial charge >= 0.3 is 0 Å². The van der Waals surface area contributed by atoms with E-state index in [0.717, 1.165) is 40.5 Å². The molecule has 0 spiro atoms. The average Bonchev–Trinajstić information content (AvgIpc) is 3.51. The number of carbonyl (C=O) groups is 1. The molecule has 0 bridgehead atoms. The highest BCUT2D eigenvalue weighted by Gasteiger charge is 2.46. The first-order valence-corrected chi connectivity index (χ1v) is 13.1. The molecule has 4 N–H and O–H groups in total. The minimum Gasteiger partial charge on any atom is -0.455 e. The van der Waals surface area contributed by atoms with Crippen LogP contribution in [0.25, 0.3) is 22.3 Å². The molecule has 2 aliphatic rings. The molecule has 3 atom stereocenters. The van der Waals surface area contributed by atoms with Gasteiger partial charge in [-0.2, -0.15) is 0 Å². The van der Waals surface area contributed by atoms with E-state index < -0.39 is 17.3 Å². The maximum absolute atomic E-state index is 12.4. The van der Waals surface area contributed by atoms with Gasteiger partial charge in [-0.1, -0.05) is 25.1 Å². The van der Waals surface area contributed by atoms with Gasteiger partial charge in [0.1, 0.15) is 17.5 Å². The number of hydrogen-bond donors (Lipinski definition) is 3. The van der Waals surface area contributed by atoms with Crippen LogP contribution in [0.3, 0.4) is 0 Å². The molecule has 1 saturated carbocycles. The van der Waals surface area contributed by atoms with E-state index in [0.29, 0.717) is 35.1 Å². The molecule has 8 nitrogen and oxygen atoms in total. The number of carbonyl (C=O) groups excluding carboxylic acids is 1. The summed E-state index contributed by atoms with van der Waals surface area (Å²) in [7, 11) is 0. The van der Waals surface area contributed by atoms with Crippen LogP contribution in [0, 0.1) is 5.92 Å². The lowest BCUT2D eigenvalue weighted by atomic mass is 10.0. The molecule has 1 aromatic heterocycles. The third-order valence-corrected chi connectivity index (χ3v) is 7.60. The van der Waals surface area contributed by atoms with Crippen molar-refractivity contribution in [3.05, 3.63) is 52.5 Å². The van der Waals surface area contributed by atoms with E-state index in [9.17, 15) is 13.6 Å². The fraction of sp³-hybridized carbons (Fsp3) is 0.333. The molecule has 1 aliphatic heterocycles. The highest BCUT2D eigenvalue weighted by molar-refractivity contribution is 9.10. The molecule has 2 aromatic carbocycles. The third-order valence-electron chi connectivity index (χ3n) is 6.42. The van der Waals surface area contributed by atoms with Crippen molar-refractivity contribution in [2.45, 2.75) is 44.8 Å². The topological polar surface area (TPSA) is 121 Å². The van der Waals surface area contributed by atoms with Gasteiger partial charge in [0.25, 0.3) is 11.3 Å². The van der Waals surface area contributed by atoms with Crippen molar-refractivity contribution in [1.82, 2.24) is 4.90 Å². The van der Waals surface area contributed by atoms with Crippen molar-refractivity contribution >= 4 is 55.6 Å². The summed E-state index contributed by atoms with van der Waals surface area (Å²) in [5, 5.41) is 0.871. The van der Waals surface area contributed by atoms with Crippen molar-refractivity contribution in [2.24, 2.45) is 16.6 Å². The number of amidine groups is 1. The molecule has 1 aliphatic carbocycles. The minimum absolute atomic E-state index is 0.0514. The maximum atomic E-state index is 12.4. The van der Waals surface area contributed by atoms with Gasteiger partial charge in [0.15, 0.2) is 5.76 Å². The summed E-state index contributed by atoms with van der Waals surface area (Å²) in [4.78, 5) is 19.3. The second-order valence-electron chi connectivity index (χ2n) is 8.67. The molecular weight excluding hydrogens is 520 g/mol. The number of nitrogens with two attached hydrogens (primary N) is 1. The Morgan fingerprint density at radius 3 is 2.76 bits per heavy atom. The van der Waals surface area contributed by atoms with Crippen molar-refractivity contribution < 1.29 is 18.0 Å². The molecule has 0 saturated heterocycles. The number of fused-ring (bicyclic) bond motifs is 1. The first kappa shape index (κ1) is 23.1. The van der Waals surface area contributed by atoms with Crippen LogP contribution in [0.2, 0.25) is 0 Å². The van der Waals surface area contributed by atoms with E-state index >= 15 is 0 Å². The summed E-state index contributed by atoms with van der Waals surface area (Å²) in [6.45, 7) is 2.57. The molecule has 1 amide bonds. The van der Waals surface area contributed by atoms with Crippen LogP contribution in [0.4, 0.5) is 5.69 Å². The van der Waals surface area contributed by atoms with Gasteiger partial charge in [-0.05, 0) is 64.5 Å². The van der Waals surface area contributed by atoms with Crippen LogP contribution >= 0.6 is 15.9 Å². The number of nitrogens with one attached hydrogen (secondary N) is 1. The van der Waals surface area contributed by atoms with Crippen molar-refractivity contribution in [2.75, 3.05) is 4.72 Å². The quantitative estimate of drug-likeness (QED) is 0.356. The first-order chi connectivity index (χ1) is 16.4. The van der Waals surface area contributed by atoms with E-state index in [-0.39, 0.29) is 11.9 Å². The molecule has 10 heteroatoms. The Hall–Kier alpha value is -2.69. The number of nitrogens with zero attached hydrogens (tertiary/aromatic N) is 2. The number of hydrogen-bond acceptors (Lipinski definition) is 5. The third kappa shape index (κ3) is 4.25. The Labute approximate surface area is 208 Å². The normalized spacial score (nSPS) is 21.0. The molecule has 1 fully saturated rings. The molecule has 0 radical (unpaired) electrons. The monoisotopic (exact) mass is 544 g/mol. The summed E-state index contributed by atoms with van der Waals surface area (Å²) >= 11 is 1.46. The number of amides is 1. The van der Waals surface area contributed by atoms with E-state index in [1.54, 1.807) is 12.1 Å². The highest BCUT2D eigenvalue weighted by Crippen LogP contribution is 2.42. The Morgan fingerprint density at radius 2 is 2.09 bits per heavy atom. The molecule has 178 valence electrons. The number of furan rings is 1. The van der Waals surface area contributed by atoms with Gasteiger partial charge < -0.3 is 15.1 Å². The lowest BCUT2D eigenvalue weighted by Gasteiger charge is -2.28. The Morgan fingerprint density at radius 1 is 1.32 bits per heavy atom. The van der Waals surface area contributed by atoms with Gasteiger partial charge in [0.2, 0.25) is 5.91 Å². The molecule has 3 unspecified atom stereocenters. The van der Waals surface area contributed by atoms with E-state index in [2.05, 4.69) is 25.6 Å². The zero-order valence-corrected chi connectivity index (χ0v) is 20.9. The van der Waals surface area contributed by atoms with Gasteiger partial charge in [-0.3, -0.25) is 19.1 Å². The lowest BCUT2D eigenvalue weighted by molar-refractivity contribution is -0.122. The molecule has 34 heavy (non-hydrogen) atoms. The van der Waals surface area contributed by atoms with E-state index in [1.807, 2.05) is 37.3 Å². The van der Waals surface area contributed by atoms with Gasteiger partial charge in [-0.25, -0.2) is 4.21 Å². The predicted molar refractivity (Wildman–Crippen MR) is 137 cm³/mol. The zero-order valence-electron chi connectivity index (χ0n) is 18.5. The van der Waals surface area contributed by atoms with Crippen LogP contribution in [0.5, 0.6) is 0 Å². The second-order valence-corrected chi connectivity index (χ2v) is 10.2. The number of rotatable bonds is 8. The first-order valence-electron chi connectivity index (χ1n) is 11.2. The Balaban J connectivity index is 1.49. The lowest BCUT2D eigenvalue weighted by Crippen LogP contribution is -2.48. The van der Waals surface area contributed by atoms with Crippen molar-refractivity contribution in [3.63, 3.8) is 0 Å². The van der Waals surface area contributed by atoms with Crippen LogP contribution in [0.1, 0.15) is 31.7 Å². The molecular formula is C24H25BrN4O4S. The standard InChI is InChI=1S/C24H25BrN4O4S/c1-2-19-27-21(14-8-9-14)22(24(26)30)29(19)12-13-7-10-18-16(11-13)20(25)23(33-18)15-5-3-4-6-17(15)28-34(31)32/h3-7,10-11,14,21-22,28H,2,8-9,12H2,1H3,(H2,26,30)(H,31,32). The molecule has 2 heterocycles. The number of anilines is 1. The van der Waals surface area contributed by atoms with Crippen LogP contribution in [0.15, 0.2) is 56.3 Å². The summed E-state index contributed by atoms with van der Waals surface area (Å²) in [5.41, 5.74) is 8.66. The summed E-state index contributed by atoms with van der Waals surface area (Å²) in [6.07, 6.45) is 2.93. The molecule has 5 rings (SSSR count). The SMILES string of the molecule is CCC1=NC(C2CC2)C(C(N)=O)N1Cc1ccc2oc(-c3ccccc3NS(=O)O)c(Br)c2c1. The Bertz CT molecular complexity index is 1320. The largest absolute Gasteiger partial charge is 0.455 e. The van der Waals surface area contributed by atoms with E-state index in [1.165, 1.54) is 0 Å². The minimum atomic E-state index is -2.21. The van der Waals surface area contributed by atoms with E-state index in [4.69, 9.17) is 15.1 Å². The van der Waals surface area contributed by atoms with Gasteiger partial charge in [0, 0.05) is 23.9 Å². The number of aliphatic imine (C=N–C) groups is 1. The van der Waals surface area contributed by atoms with Crippen LogP contribution in [-0.2, 0) is 22.6 Å². The smallest absolute Gasteiger partial charge is 0.259 e. The van der Waals surface area contributed by atoms with Crippen LogP contribution < -0.4 is 10.5 Å². The van der Waals surface area contributed by atoms with Gasteiger partial charge in [0.05, 0.1) is 16.2 Å². The predicted octanol–water partition coefficient (Wildman–Crippen LogP) is 4.67. The fourth-order valence-electron chi connectivity index (χ4n) is 4.72. The number of benzene rings is 2. The van der Waals surface area contributed by atoms with Crippen LogP contribution in [-0.4, -0.2) is 37.5 Å². The summed E-state index contributed by atoms with van der Waals surface area (Å²) in [5.74, 6) is 1.59. The zero-order chi connectivity index (χ0) is 24.0. The second kappa shape index (κ2) is 9.16. The fourth-order valence-corrected chi connectivity index (χ4v) is 5.69. The Kier molecular flexibility index (Phi) is 6.22. The number of halogens is 1. The number of primary amides is 1. The summed E-state index contributed by atoms with van der Waals surface area (Å²) in [6, 6.07) is 12.6.